The smallest absolute Gasteiger partial charge is 0.259 e. The Morgan fingerprint density at radius 1 is 1.39 bits per heavy atom. The van der Waals surface area contributed by atoms with Gasteiger partial charge in [0.25, 0.3) is 5.91 Å². The summed E-state index contributed by atoms with van der Waals surface area (Å²) in [5.41, 5.74) is 0.778. The van der Waals surface area contributed by atoms with Crippen molar-refractivity contribution in [2.75, 3.05) is 0 Å². The molecule has 0 bridgehead atoms. The van der Waals surface area contributed by atoms with Gasteiger partial charge in [-0.15, -0.1) is 11.3 Å². The number of phenols is 2. The van der Waals surface area contributed by atoms with Crippen molar-refractivity contribution in [3.63, 3.8) is 0 Å². The molecule has 94 valence electrons. The van der Waals surface area contributed by atoms with Crippen molar-refractivity contribution >= 4 is 17.2 Å². The van der Waals surface area contributed by atoms with Crippen molar-refractivity contribution in [3.8, 4) is 11.5 Å². The van der Waals surface area contributed by atoms with E-state index in [9.17, 15) is 15.0 Å². The first kappa shape index (κ1) is 12.4. The van der Waals surface area contributed by atoms with Crippen LogP contribution in [-0.4, -0.2) is 21.1 Å². The Bertz CT molecular complexity index is 560. The Balaban J connectivity index is 2.08. The van der Waals surface area contributed by atoms with Gasteiger partial charge in [0.05, 0.1) is 6.54 Å². The van der Waals surface area contributed by atoms with Crippen LogP contribution in [0.25, 0.3) is 0 Å². The monoisotopic (exact) mass is 264 g/mol. The van der Waals surface area contributed by atoms with Crippen LogP contribution in [0.15, 0.2) is 23.6 Å². The summed E-state index contributed by atoms with van der Waals surface area (Å²) < 4.78 is 0. The van der Waals surface area contributed by atoms with E-state index in [1.807, 2.05) is 12.3 Å². The molecule has 1 aromatic heterocycles. The molecule has 2 aromatic rings. The molecule has 0 spiro atoms. The number of nitrogens with one attached hydrogen (secondary N) is 1. The van der Waals surface area contributed by atoms with Gasteiger partial charge in [-0.3, -0.25) is 4.79 Å². The molecule has 0 aliphatic rings. The maximum atomic E-state index is 11.8. The van der Waals surface area contributed by atoms with E-state index >= 15 is 0 Å². The number of thiazole rings is 1. The molecule has 0 radical (unpaired) electrons. The molecule has 0 saturated heterocycles. The minimum Gasteiger partial charge on any atom is -0.507 e. The molecule has 0 aliphatic heterocycles. The van der Waals surface area contributed by atoms with Crippen LogP contribution in [0.1, 0.15) is 21.1 Å². The average Bonchev–Trinajstić information content (AvgIpc) is 2.72. The van der Waals surface area contributed by atoms with Gasteiger partial charge in [-0.05, 0) is 19.1 Å². The van der Waals surface area contributed by atoms with Crippen LogP contribution in [0.4, 0.5) is 0 Å². The number of benzene rings is 1. The molecule has 5 nitrogen and oxygen atoms in total. The third kappa shape index (κ3) is 2.60. The van der Waals surface area contributed by atoms with Crippen LogP contribution in [0.5, 0.6) is 11.5 Å². The number of hydrogen-bond acceptors (Lipinski definition) is 5. The molecule has 1 aromatic carbocycles. The van der Waals surface area contributed by atoms with Crippen LogP contribution in [0, 0.1) is 6.92 Å². The number of carbonyl (C=O) groups excluding carboxylic acids is 1. The lowest BCUT2D eigenvalue weighted by Crippen LogP contribution is -2.22. The fourth-order valence-corrected chi connectivity index (χ4v) is 2.20. The summed E-state index contributed by atoms with van der Waals surface area (Å²) in [5, 5.41) is 24.3. The number of aromatic hydroxyl groups is 2. The standard InChI is InChI=1S/C12H12N2O3S/c1-7-6-18-10(14-7)5-13-12(17)11-8(15)3-2-4-9(11)16/h2-4,6,15-16H,5H2,1H3,(H,13,17). The predicted octanol–water partition coefficient (Wildman–Crippen LogP) is 1.79. The molecule has 0 aliphatic carbocycles. The second-order valence-corrected chi connectivity index (χ2v) is 4.68. The summed E-state index contributed by atoms with van der Waals surface area (Å²) in [4.78, 5) is 16.0. The third-order valence-corrected chi connectivity index (χ3v) is 3.28. The molecule has 3 N–H and O–H groups in total. The molecule has 2 rings (SSSR count). The van der Waals surface area contributed by atoms with Crippen molar-refractivity contribution in [1.82, 2.24) is 10.3 Å². The highest BCUT2D eigenvalue weighted by atomic mass is 32.1. The van der Waals surface area contributed by atoms with E-state index in [0.29, 0.717) is 0 Å². The first-order chi connectivity index (χ1) is 8.58. The van der Waals surface area contributed by atoms with Crippen molar-refractivity contribution < 1.29 is 15.0 Å². The van der Waals surface area contributed by atoms with Gasteiger partial charge in [0, 0.05) is 11.1 Å². The number of aryl methyl sites for hydroxylation is 1. The van der Waals surface area contributed by atoms with E-state index in [0.717, 1.165) is 10.7 Å². The molecule has 1 heterocycles. The molecule has 0 atom stereocenters. The number of aromatic nitrogens is 1. The number of hydrogen-bond donors (Lipinski definition) is 3. The van der Waals surface area contributed by atoms with Crippen LogP contribution in [0.2, 0.25) is 0 Å². The van der Waals surface area contributed by atoms with Crippen molar-refractivity contribution in [3.05, 3.63) is 39.8 Å². The number of carbonyl (C=O) groups is 1. The molecule has 6 heteroatoms. The Kier molecular flexibility index (Phi) is 3.47. The van der Waals surface area contributed by atoms with E-state index in [1.54, 1.807) is 0 Å². The van der Waals surface area contributed by atoms with E-state index in [1.165, 1.54) is 29.5 Å². The molecule has 1 amide bonds. The summed E-state index contributed by atoms with van der Waals surface area (Å²) in [6.07, 6.45) is 0. The Labute approximate surface area is 108 Å². The average molecular weight is 264 g/mol. The second kappa shape index (κ2) is 5.05. The number of rotatable bonds is 3. The summed E-state index contributed by atoms with van der Waals surface area (Å²) in [5.74, 6) is -1.02. The zero-order valence-corrected chi connectivity index (χ0v) is 10.5. The highest BCUT2D eigenvalue weighted by Gasteiger charge is 2.15. The van der Waals surface area contributed by atoms with E-state index in [2.05, 4.69) is 10.3 Å². The highest BCUT2D eigenvalue weighted by molar-refractivity contribution is 7.09. The maximum Gasteiger partial charge on any atom is 0.259 e. The summed E-state index contributed by atoms with van der Waals surface area (Å²) in [6, 6.07) is 4.16. The third-order valence-electron chi connectivity index (χ3n) is 2.31. The van der Waals surface area contributed by atoms with Gasteiger partial charge < -0.3 is 15.5 Å². The largest absolute Gasteiger partial charge is 0.507 e. The lowest BCUT2D eigenvalue weighted by molar-refractivity contribution is 0.0945. The lowest BCUT2D eigenvalue weighted by atomic mass is 10.1. The van der Waals surface area contributed by atoms with Gasteiger partial charge in [-0.2, -0.15) is 0 Å². The number of nitrogens with zero attached hydrogens (tertiary/aromatic N) is 1. The maximum absolute atomic E-state index is 11.8. The Morgan fingerprint density at radius 3 is 2.61 bits per heavy atom. The molecule has 18 heavy (non-hydrogen) atoms. The van der Waals surface area contributed by atoms with E-state index in [-0.39, 0.29) is 23.6 Å². The molecular weight excluding hydrogens is 252 g/mol. The second-order valence-electron chi connectivity index (χ2n) is 3.74. The van der Waals surface area contributed by atoms with Crippen molar-refractivity contribution in [2.45, 2.75) is 13.5 Å². The molecule has 0 saturated carbocycles. The fraction of sp³-hybridized carbons (Fsp3) is 0.167. The van der Waals surface area contributed by atoms with Gasteiger partial charge in [0.1, 0.15) is 22.1 Å². The quantitative estimate of drug-likeness (QED) is 0.789. The minimum atomic E-state index is -0.529. The van der Waals surface area contributed by atoms with E-state index in [4.69, 9.17) is 0 Å². The van der Waals surface area contributed by atoms with E-state index < -0.39 is 5.91 Å². The minimum absolute atomic E-state index is 0.120. The SMILES string of the molecule is Cc1csc(CNC(=O)c2c(O)cccc2O)n1. The number of phenolic OH excluding ortho intramolecular Hbond substituents is 2. The first-order valence-electron chi connectivity index (χ1n) is 5.28. The van der Waals surface area contributed by atoms with Gasteiger partial charge in [0.2, 0.25) is 0 Å². The molecular formula is C12H12N2O3S. The topological polar surface area (TPSA) is 82.5 Å². The van der Waals surface area contributed by atoms with Crippen LogP contribution in [-0.2, 0) is 6.54 Å². The van der Waals surface area contributed by atoms with Gasteiger partial charge in [0.15, 0.2) is 0 Å². The molecule has 0 unspecified atom stereocenters. The number of amides is 1. The highest BCUT2D eigenvalue weighted by Crippen LogP contribution is 2.25. The van der Waals surface area contributed by atoms with Gasteiger partial charge >= 0.3 is 0 Å². The predicted molar refractivity (Wildman–Crippen MR) is 67.8 cm³/mol. The van der Waals surface area contributed by atoms with Crippen molar-refractivity contribution in [1.29, 1.82) is 0 Å². The Morgan fingerprint density at radius 2 is 2.06 bits per heavy atom. The summed E-state index contributed by atoms with van der Waals surface area (Å²) >= 11 is 1.44. The molecule has 0 fully saturated rings. The fourth-order valence-electron chi connectivity index (χ4n) is 1.49. The lowest BCUT2D eigenvalue weighted by Gasteiger charge is -2.07. The zero-order valence-electron chi connectivity index (χ0n) is 9.67. The normalized spacial score (nSPS) is 10.3. The first-order valence-corrected chi connectivity index (χ1v) is 6.16. The summed E-state index contributed by atoms with van der Waals surface area (Å²) in [7, 11) is 0. The summed E-state index contributed by atoms with van der Waals surface area (Å²) in [6.45, 7) is 2.14. The van der Waals surface area contributed by atoms with Crippen molar-refractivity contribution in [2.24, 2.45) is 0 Å². The van der Waals surface area contributed by atoms with Crippen LogP contribution >= 0.6 is 11.3 Å². The van der Waals surface area contributed by atoms with Gasteiger partial charge in [-0.1, -0.05) is 6.07 Å². The van der Waals surface area contributed by atoms with Gasteiger partial charge in [-0.25, -0.2) is 4.98 Å². The zero-order chi connectivity index (χ0) is 13.1. The Hall–Kier alpha value is -2.08. The van der Waals surface area contributed by atoms with Crippen LogP contribution in [0.3, 0.4) is 0 Å². The van der Waals surface area contributed by atoms with Crippen LogP contribution < -0.4 is 5.32 Å².